The lowest BCUT2D eigenvalue weighted by Gasteiger charge is -2.60. The van der Waals surface area contributed by atoms with Crippen LogP contribution in [0.5, 0.6) is 0 Å². The summed E-state index contributed by atoms with van der Waals surface area (Å²) < 4.78 is 11.9. The van der Waals surface area contributed by atoms with Gasteiger partial charge < -0.3 is 9.47 Å². The Morgan fingerprint density at radius 3 is 2.54 bits per heavy atom. The molecule has 3 heteroatoms. The van der Waals surface area contributed by atoms with E-state index in [0.29, 0.717) is 30.3 Å². The van der Waals surface area contributed by atoms with Crippen LogP contribution < -0.4 is 0 Å². The van der Waals surface area contributed by atoms with E-state index in [2.05, 4.69) is 13.8 Å². The zero-order chi connectivity index (χ0) is 16.6. The molecule has 3 nitrogen and oxygen atoms in total. The molecule has 0 aromatic carbocycles. The summed E-state index contributed by atoms with van der Waals surface area (Å²) in [5, 5.41) is 0. The third kappa shape index (κ3) is 2.00. The lowest BCUT2D eigenvalue weighted by molar-refractivity contribution is -0.225. The number of carbonyl (C=O) groups excluding carboxylic acids is 1. The van der Waals surface area contributed by atoms with Gasteiger partial charge in [0.25, 0.3) is 0 Å². The van der Waals surface area contributed by atoms with Crippen LogP contribution in [0, 0.1) is 34.5 Å². The summed E-state index contributed by atoms with van der Waals surface area (Å²) >= 11 is 0. The molecule has 1 heterocycles. The molecule has 0 unspecified atom stereocenters. The van der Waals surface area contributed by atoms with Gasteiger partial charge in [0.15, 0.2) is 5.79 Å². The maximum Gasteiger partial charge on any atom is 0.169 e. The standard InChI is InChI=1S/C21H32O3/c1-19-6-3-4-15(19)14-12-18(22)17-13-21(23-10-11-24-21)9-8-20(17,2)16(14)5-7-19/h14-17H,3-13H2,1-2H3/t14-,15+,16-,17+,19+,20-/m0/s1. The third-order valence-corrected chi connectivity index (χ3v) is 9.06. The fourth-order valence-corrected chi connectivity index (χ4v) is 7.72. The van der Waals surface area contributed by atoms with Gasteiger partial charge in [0.1, 0.15) is 5.78 Å². The lowest BCUT2D eigenvalue weighted by Crippen LogP contribution is -2.58. The number of hydrogen-bond acceptors (Lipinski definition) is 3. The minimum atomic E-state index is -0.427. The smallest absolute Gasteiger partial charge is 0.169 e. The number of hydrogen-bond donors (Lipinski definition) is 0. The Morgan fingerprint density at radius 1 is 0.958 bits per heavy atom. The quantitative estimate of drug-likeness (QED) is 0.662. The first kappa shape index (κ1) is 15.8. The van der Waals surface area contributed by atoms with Crippen LogP contribution in [-0.2, 0) is 14.3 Å². The van der Waals surface area contributed by atoms with Gasteiger partial charge in [-0.1, -0.05) is 20.3 Å². The number of rotatable bonds is 0. The van der Waals surface area contributed by atoms with Crippen molar-refractivity contribution in [1.82, 2.24) is 0 Å². The Labute approximate surface area is 145 Å². The number of ketones is 1. The highest BCUT2D eigenvalue weighted by Crippen LogP contribution is 2.66. The Hall–Kier alpha value is -0.410. The summed E-state index contributed by atoms with van der Waals surface area (Å²) in [6, 6.07) is 0. The third-order valence-electron chi connectivity index (χ3n) is 9.06. The normalized spacial score (nSPS) is 52.8. The minimum Gasteiger partial charge on any atom is -0.348 e. The molecule has 24 heavy (non-hydrogen) atoms. The molecule has 1 spiro atoms. The Balaban J connectivity index is 1.46. The van der Waals surface area contributed by atoms with Crippen LogP contribution in [0.2, 0.25) is 0 Å². The van der Waals surface area contributed by atoms with E-state index in [4.69, 9.17) is 9.47 Å². The topological polar surface area (TPSA) is 35.5 Å². The van der Waals surface area contributed by atoms with E-state index in [1.54, 1.807) is 0 Å². The molecule has 0 bridgehead atoms. The van der Waals surface area contributed by atoms with Crippen LogP contribution in [0.4, 0.5) is 0 Å². The van der Waals surface area contributed by atoms with Crippen molar-refractivity contribution in [2.24, 2.45) is 34.5 Å². The van der Waals surface area contributed by atoms with Gasteiger partial charge in [-0.05, 0) is 60.7 Å². The van der Waals surface area contributed by atoms with Crippen LogP contribution in [-0.4, -0.2) is 24.8 Å². The predicted molar refractivity (Wildman–Crippen MR) is 91.4 cm³/mol. The molecule has 0 N–H and O–H groups in total. The highest BCUT2D eigenvalue weighted by molar-refractivity contribution is 5.83. The Morgan fingerprint density at radius 2 is 1.75 bits per heavy atom. The summed E-state index contributed by atoms with van der Waals surface area (Å²) in [5.41, 5.74) is 0.711. The van der Waals surface area contributed by atoms with Crippen LogP contribution in [0.1, 0.15) is 71.6 Å². The van der Waals surface area contributed by atoms with Gasteiger partial charge in [-0.3, -0.25) is 4.79 Å². The van der Waals surface area contributed by atoms with Crippen molar-refractivity contribution in [3.05, 3.63) is 0 Å². The van der Waals surface area contributed by atoms with Crippen molar-refractivity contribution in [3.63, 3.8) is 0 Å². The zero-order valence-corrected chi connectivity index (χ0v) is 15.3. The van der Waals surface area contributed by atoms with Crippen molar-refractivity contribution in [2.75, 3.05) is 13.2 Å². The first-order chi connectivity index (χ1) is 11.5. The average Bonchev–Trinajstić information content (AvgIpc) is 3.16. The molecule has 5 fully saturated rings. The maximum absolute atomic E-state index is 13.2. The molecule has 5 aliphatic rings. The molecule has 0 radical (unpaired) electrons. The van der Waals surface area contributed by atoms with E-state index in [1.165, 1.54) is 32.1 Å². The molecule has 0 aromatic rings. The molecular formula is C21H32O3. The fraction of sp³-hybridized carbons (Fsp3) is 0.952. The van der Waals surface area contributed by atoms with E-state index >= 15 is 0 Å². The van der Waals surface area contributed by atoms with E-state index in [-0.39, 0.29) is 11.3 Å². The second-order valence-electron chi connectivity index (χ2n) is 10.0. The molecule has 4 aliphatic carbocycles. The van der Waals surface area contributed by atoms with Gasteiger partial charge in [-0.15, -0.1) is 0 Å². The second kappa shape index (κ2) is 5.07. The molecule has 134 valence electrons. The van der Waals surface area contributed by atoms with Crippen LogP contribution in [0.15, 0.2) is 0 Å². The van der Waals surface area contributed by atoms with E-state index in [9.17, 15) is 4.79 Å². The van der Waals surface area contributed by atoms with Gasteiger partial charge >= 0.3 is 0 Å². The molecule has 0 aromatic heterocycles. The number of fused-ring (bicyclic) bond motifs is 5. The first-order valence-electron chi connectivity index (χ1n) is 10.3. The molecule has 4 saturated carbocycles. The van der Waals surface area contributed by atoms with E-state index in [0.717, 1.165) is 37.5 Å². The Kier molecular flexibility index (Phi) is 3.34. The van der Waals surface area contributed by atoms with Crippen LogP contribution >= 0.6 is 0 Å². The van der Waals surface area contributed by atoms with Crippen molar-refractivity contribution < 1.29 is 14.3 Å². The highest BCUT2D eigenvalue weighted by atomic mass is 16.7. The Bertz CT molecular complexity index is 551. The largest absolute Gasteiger partial charge is 0.348 e. The van der Waals surface area contributed by atoms with E-state index in [1.807, 2.05) is 0 Å². The van der Waals surface area contributed by atoms with Gasteiger partial charge in [-0.25, -0.2) is 0 Å². The zero-order valence-electron chi connectivity index (χ0n) is 15.3. The molecular weight excluding hydrogens is 300 g/mol. The second-order valence-corrected chi connectivity index (χ2v) is 10.0. The molecule has 0 amide bonds. The SMILES string of the molecule is C[C@]12CCC[C@@H]1[C@@H]1CC(=O)[C@H]3CC4(CC[C@@]3(C)[C@H]1CC2)OCCO4. The van der Waals surface area contributed by atoms with Crippen LogP contribution in [0.25, 0.3) is 0 Å². The van der Waals surface area contributed by atoms with Gasteiger partial charge in [0.2, 0.25) is 0 Å². The molecule has 5 rings (SSSR count). The lowest BCUT2D eigenvalue weighted by atomic mass is 9.44. The monoisotopic (exact) mass is 332 g/mol. The summed E-state index contributed by atoms with van der Waals surface area (Å²) in [6.07, 6.45) is 10.6. The maximum atomic E-state index is 13.2. The fourth-order valence-electron chi connectivity index (χ4n) is 7.72. The van der Waals surface area contributed by atoms with Crippen molar-refractivity contribution in [3.8, 4) is 0 Å². The molecule has 6 atom stereocenters. The van der Waals surface area contributed by atoms with Crippen molar-refractivity contribution in [1.29, 1.82) is 0 Å². The predicted octanol–water partition coefficient (Wildman–Crippen LogP) is 4.34. The number of carbonyl (C=O) groups is 1. The highest BCUT2D eigenvalue weighted by Gasteiger charge is 2.62. The summed E-state index contributed by atoms with van der Waals surface area (Å²) in [4.78, 5) is 13.2. The van der Waals surface area contributed by atoms with Gasteiger partial charge in [-0.2, -0.15) is 0 Å². The first-order valence-corrected chi connectivity index (χ1v) is 10.3. The van der Waals surface area contributed by atoms with Gasteiger partial charge in [0, 0.05) is 25.2 Å². The number of ether oxygens (including phenoxy) is 2. The summed E-state index contributed by atoms with van der Waals surface area (Å²) in [6.45, 7) is 6.34. The summed E-state index contributed by atoms with van der Waals surface area (Å²) in [5.74, 6) is 2.45. The van der Waals surface area contributed by atoms with Crippen molar-refractivity contribution in [2.45, 2.75) is 77.4 Å². The van der Waals surface area contributed by atoms with Gasteiger partial charge in [0.05, 0.1) is 13.2 Å². The molecule has 1 aliphatic heterocycles. The van der Waals surface area contributed by atoms with Crippen LogP contribution in [0.3, 0.4) is 0 Å². The molecule has 1 saturated heterocycles. The number of Topliss-reactive ketones (excluding diaryl/α,β-unsaturated/α-hetero) is 1. The average molecular weight is 332 g/mol. The van der Waals surface area contributed by atoms with Crippen molar-refractivity contribution >= 4 is 5.78 Å². The summed E-state index contributed by atoms with van der Waals surface area (Å²) in [7, 11) is 0. The minimum absolute atomic E-state index is 0.163. The van der Waals surface area contributed by atoms with E-state index < -0.39 is 5.79 Å².